The lowest BCUT2D eigenvalue weighted by molar-refractivity contribution is 0.0956. The van der Waals surface area contributed by atoms with Gasteiger partial charge in [0.1, 0.15) is 0 Å². The number of hydrazone groups is 1. The number of benzene rings is 3. The first-order valence-electron chi connectivity index (χ1n) is 10.9. The highest BCUT2D eigenvalue weighted by Crippen LogP contribution is 2.28. The number of fused-ring (bicyclic) bond motifs is 1. The molecule has 0 unspecified atom stereocenters. The van der Waals surface area contributed by atoms with Crippen molar-refractivity contribution >= 4 is 45.7 Å². The van der Waals surface area contributed by atoms with Gasteiger partial charge in [-0.3, -0.25) is 4.79 Å². The predicted octanol–water partition coefficient (Wildman–Crippen LogP) is 7.66. The van der Waals surface area contributed by atoms with Gasteiger partial charge in [0.2, 0.25) is 0 Å². The van der Waals surface area contributed by atoms with Crippen LogP contribution in [-0.2, 0) is 5.41 Å². The van der Waals surface area contributed by atoms with Crippen molar-refractivity contribution in [2.24, 2.45) is 5.10 Å². The van der Waals surface area contributed by atoms with Crippen molar-refractivity contribution in [3.05, 3.63) is 99.5 Å². The van der Waals surface area contributed by atoms with E-state index in [0.717, 1.165) is 11.1 Å². The van der Waals surface area contributed by atoms with E-state index >= 15 is 0 Å². The number of carbonyl (C=O) groups is 1. The number of nitrogens with zero attached hydrogens (tertiary/aromatic N) is 2. The van der Waals surface area contributed by atoms with E-state index in [1.807, 2.05) is 31.2 Å². The molecule has 0 saturated heterocycles. The summed E-state index contributed by atoms with van der Waals surface area (Å²) in [4.78, 5) is 17.9. The van der Waals surface area contributed by atoms with E-state index in [2.05, 4.69) is 43.4 Å². The fraction of sp³-hybridized carbons (Fsp3) is 0.179. The molecule has 0 spiro atoms. The summed E-state index contributed by atoms with van der Waals surface area (Å²) >= 11 is 12.3. The van der Waals surface area contributed by atoms with E-state index in [4.69, 9.17) is 28.2 Å². The second-order valence-electron chi connectivity index (χ2n) is 9.19. The summed E-state index contributed by atoms with van der Waals surface area (Å²) in [6.45, 7) is 8.39. The van der Waals surface area contributed by atoms with Crippen LogP contribution in [0.3, 0.4) is 0 Å². The molecule has 0 aliphatic carbocycles. The molecule has 1 aromatic heterocycles. The first-order chi connectivity index (χ1) is 16.1. The number of rotatable bonds is 4. The van der Waals surface area contributed by atoms with Crippen molar-refractivity contribution in [1.82, 2.24) is 10.4 Å². The molecule has 172 valence electrons. The highest BCUT2D eigenvalue weighted by Gasteiger charge is 2.16. The number of amides is 1. The smallest absolute Gasteiger partial charge is 0.267 e. The van der Waals surface area contributed by atoms with Crippen molar-refractivity contribution < 1.29 is 4.79 Å². The number of carbonyl (C=O) groups excluding carboxylic acids is 1. The normalized spacial score (nSPS) is 12.1. The van der Waals surface area contributed by atoms with Gasteiger partial charge in [-0.2, -0.15) is 5.10 Å². The Kier molecular flexibility index (Phi) is 6.74. The quantitative estimate of drug-likeness (QED) is 0.236. The van der Waals surface area contributed by atoms with Gasteiger partial charge in [-0.1, -0.05) is 80.4 Å². The van der Waals surface area contributed by atoms with Gasteiger partial charge in [0.25, 0.3) is 5.91 Å². The van der Waals surface area contributed by atoms with Crippen molar-refractivity contribution in [1.29, 1.82) is 0 Å². The molecule has 4 rings (SSSR count). The van der Waals surface area contributed by atoms with E-state index in [-0.39, 0.29) is 11.3 Å². The highest BCUT2D eigenvalue weighted by molar-refractivity contribution is 6.31. The Hall–Kier alpha value is -3.21. The van der Waals surface area contributed by atoms with E-state index < -0.39 is 0 Å². The lowest BCUT2D eigenvalue weighted by Crippen LogP contribution is -2.20. The standard InChI is InChI=1S/C28H25Cl2N3O/c1-17(18-5-9-20(10-6-18)28(2,3)4)32-33-27(34)24-16-26(19-7-11-21(29)12-8-19)31-25-14-13-22(30)15-23(24)25/h5-16H,1-4H3,(H,33,34). The van der Waals surface area contributed by atoms with Crippen molar-refractivity contribution in [3.63, 3.8) is 0 Å². The van der Waals surface area contributed by atoms with Gasteiger partial charge < -0.3 is 0 Å². The molecule has 0 saturated carbocycles. The van der Waals surface area contributed by atoms with Crippen LogP contribution in [0.2, 0.25) is 10.0 Å². The number of hydrogen-bond donors (Lipinski definition) is 1. The van der Waals surface area contributed by atoms with Gasteiger partial charge >= 0.3 is 0 Å². The minimum absolute atomic E-state index is 0.0727. The molecule has 1 N–H and O–H groups in total. The topological polar surface area (TPSA) is 54.4 Å². The molecule has 0 bridgehead atoms. The van der Waals surface area contributed by atoms with Gasteiger partial charge in [0.15, 0.2) is 0 Å². The SMILES string of the molecule is CC(=NNC(=O)c1cc(-c2ccc(Cl)cc2)nc2ccc(Cl)cc12)c1ccc(C(C)(C)C)cc1. The molecule has 0 aliphatic heterocycles. The third kappa shape index (κ3) is 5.30. The Morgan fingerprint density at radius 3 is 2.18 bits per heavy atom. The minimum atomic E-state index is -0.337. The molecule has 1 amide bonds. The van der Waals surface area contributed by atoms with Crippen molar-refractivity contribution in [2.45, 2.75) is 33.1 Å². The first-order valence-corrected chi connectivity index (χ1v) is 11.7. The van der Waals surface area contributed by atoms with Gasteiger partial charge in [0, 0.05) is 21.0 Å². The fourth-order valence-corrected chi connectivity index (χ4v) is 3.92. The number of halogens is 2. The first kappa shape index (κ1) is 23.9. The van der Waals surface area contributed by atoms with E-state index in [0.29, 0.717) is 37.9 Å². The summed E-state index contributed by atoms with van der Waals surface area (Å²) in [6, 6.07) is 22.6. The molecule has 4 nitrogen and oxygen atoms in total. The fourth-order valence-electron chi connectivity index (χ4n) is 3.63. The minimum Gasteiger partial charge on any atom is -0.267 e. The second kappa shape index (κ2) is 9.57. The van der Waals surface area contributed by atoms with Gasteiger partial charge in [0.05, 0.1) is 22.5 Å². The maximum Gasteiger partial charge on any atom is 0.272 e. The van der Waals surface area contributed by atoms with E-state index in [1.54, 1.807) is 36.4 Å². The molecule has 0 aliphatic rings. The predicted molar refractivity (Wildman–Crippen MR) is 142 cm³/mol. The maximum atomic E-state index is 13.2. The van der Waals surface area contributed by atoms with Gasteiger partial charge in [-0.05, 0) is 59.9 Å². The summed E-state index contributed by atoms with van der Waals surface area (Å²) in [5, 5.41) is 6.17. The summed E-state index contributed by atoms with van der Waals surface area (Å²) in [7, 11) is 0. The third-order valence-electron chi connectivity index (χ3n) is 5.65. The van der Waals surface area contributed by atoms with Crippen LogP contribution < -0.4 is 5.43 Å². The average molecular weight is 490 g/mol. The second-order valence-corrected chi connectivity index (χ2v) is 10.1. The Bertz CT molecular complexity index is 1390. The van der Waals surface area contributed by atoms with Gasteiger partial charge in [-0.15, -0.1) is 0 Å². The van der Waals surface area contributed by atoms with E-state index in [1.165, 1.54) is 5.56 Å². The Labute approximate surface area is 209 Å². The Morgan fingerprint density at radius 2 is 1.53 bits per heavy atom. The molecule has 1 heterocycles. The number of aromatic nitrogens is 1. The lowest BCUT2D eigenvalue weighted by Gasteiger charge is -2.19. The van der Waals surface area contributed by atoms with Crippen LogP contribution in [0, 0.1) is 0 Å². The molecular weight excluding hydrogens is 465 g/mol. The van der Waals surface area contributed by atoms with Crippen LogP contribution in [0.4, 0.5) is 0 Å². The van der Waals surface area contributed by atoms with Crippen LogP contribution in [0.25, 0.3) is 22.2 Å². The molecule has 34 heavy (non-hydrogen) atoms. The molecule has 3 aromatic carbocycles. The summed E-state index contributed by atoms with van der Waals surface area (Å²) in [5.41, 5.74) is 8.29. The average Bonchev–Trinajstić information content (AvgIpc) is 2.81. The highest BCUT2D eigenvalue weighted by atomic mass is 35.5. The third-order valence-corrected chi connectivity index (χ3v) is 6.14. The Balaban J connectivity index is 1.67. The number of nitrogens with one attached hydrogen (secondary N) is 1. The van der Waals surface area contributed by atoms with Crippen LogP contribution in [0.15, 0.2) is 77.9 Å². The summed E-state index contributed by atoms with van der Waals surface area (Å²) in [5.74, 6) is -0.337. The number of pyridine rings is 1. The monoisotopic (exact) mass is 489 g/mol. The zero-order valence-electron chi connectivity index (χ0n) is 19.5. The van der Waals surface area contributed by atoms with Crippen LogP contribution in [0.1, 0.15) is 49.2 Å². The maximum absolute atomic E-state index is 13.2. The zero-order chi connectivity index (χ0) is 24.5. The van der Waals surface area contributed by atoms with Crippen LogP contribution in [-0.4, -0.2) is 16.6 Å². The zero-order valence-corrected chi connectivity index (χ0v) is 21.0. The molecule has 6 heteroatoms. The summed E-state index contributed by atoms with van der Waals surface area (Å²) in [6.07, 6.45) is 0. The van der Waals surface area contributed by atoms with Gasteiger partial charge in [-0.25, -0.2) is 10.4 Å². The molecule has 4 aromatic rings. The van der Waals surface area contributed by atoms with Crippen molar-refractivity contribution in [3.8, 4) is 11.3 Å². The number of hydrogen-bond acceptors (Lipinski definition) is 3. The summed E-state index contributed by atoms with van der Waals surface area (Å²) < 4.78 is 0. The Morgan fingerprint density at radius 1 is 0.882 bits per heavy atom. The lowest BCUT2D eigenvalue weighted by atomic mass is 9.86. The largest absolute Gasteiger partial charge is 0.272 e. The molecule has 0 radical (unpaired) electrons. The van der Waals surface area contributed by atoms with Crippen LogP contribution >= 0.6 is 23.2 Å². The van der Waals surface area contributed by atoms with Crippen molar-refractivity contribution in [2.75, 3.05) is 0 Å². The van der Waals surface area contributed by atoms with E-state index in [9.17, 15) is 4.79 Å². The molecule has 0 atom stereocenters. The molecule has 0 fully saturated rings. The van der Waals surface area contributed by atoms with Crippen LogP contribution in [0.5, 0.6) is 0 Å². The molecular formula is C28H25Cl2N3O.